The van der Waals surface area contributed by atoms with E-state index in [-0.39, 0.29) is 5.69 Å². The Kier molecular flexibility index (Phi) is 3.16. The lowest BCUT2D eigenvalue weighted by Gasteiger charge is -2.08. The van der Waals surface area contributed by atoms with E-state index >= 15 is 0 Å². The van der Waals surface area contributed by atoms with E-state index in [0.717, 1.165) is 11.7 Å². The Balaban J connectivity index is 2.35. The minimum absolute atomic E-state index is 0.169. The van der Waals surface area contributed by atoms with Gasteiger partial charge >= 0.3 is 5.97 Å². The van der Waals surface area contributed by atoms with Crippen molar-refractivity contribution in [3.8, 4) is 11.3 Å². The summed E-state index contributed by atoms with van der Waals surface area (Å²) < 4.78 is 9.90. The predicted molar refractivity (Wildman–Crippen MR) is 78.8 cm³/mol. The zero-order valence-corrected chi connectivity index (χ0v) is 12.4. The fraction of sp³-hybridized carbons (Fsp3) is 0.0833. The molecular weight excluding hydrogens is 321 g/mol. The van der Waals surface area contributed by atoms with Crippen LogP contribution in [0.5, 0.6) is 0 Å². The molecule has 1 N–H and O–H groups in total. The minimum Gasteiger partial charge on any atom is -0.477 e. The highest BCUT2D eigenvalue weighted by atomic mass is 35.5. The Hall–Kier alpha value is -1.63. The van der Waals surface area contributed by atoms with E-state index in [1.807, 2.05) is 0 Å². The number of carbonyl (C=O) groups is 1. The Bertz CT molecular complexity index is 841. The third kappa shape index (κ3) is 1.88. The van der Waals surface area contributed by atoms with Gasteiger partial charge in [0.15, 0.2) is 0 Å². The van der Waals surface area contributed by atoms with Crippen molar-refractivity contribution in [2.75, 3.05) is 0 Å². The van der Waals surface area contributed by atoms with Crippen LogP contribution in [0.3, 0.4) is 0 Å². The first-order valence-electron chi connectivity index (χ1n) is 5.50. The largest absolute Gasteiger partial charge is 0.477 e. The number of carboxylic acid groups (broad SMARTS) is 1. The van der Waals surface area contributed by atoms with Crippen molar-refractivity contribution in [2.45, 2.75) is 0 Å². The average Bonchev–Trinajstić information content (AvgIpc) is 2.97. The highest BCUT2D eigenvalue weighted by molar-refractivity contribution is 7.00. The summed E-state index contributed by atoms with van der Waals surface area (Å²) in [4.78, 5) is 11.1. The van der Waals surface area contributed by atoms with Crippen LogP contribution in [0.2, 0.25) is 10.0 Å². The number of aromatic nitrogens is 3. The molecule has 0 aliphatic rings. The molecule has 8 heteroatoms. The molecule has 102 valence electrons. The lowest BCUT2D eigenvalue weighted by molar-refractivity contribution is 0.0687. The lowest BCUT2D eigenvalue weighted by Crippen LogP contribution is -2.05. The molecule has 0 amide bonds. The molecule has 2 aromatic heterocycles. The van der Waals surface area contributed by atoms with Crippen LogP contribution < -0.4 is 0 Å². The van der Waals surface area contributed by atoms with Crippen molar-refractivity contribution in [3.63, 3.8) is 0 Å². The zero-order chi connectivity index (χ0) is 14.4. The first-order chi connectivity index (χ1) is 9.50. The SMILES string of the molecule is Cn1c(C(=O)O)ccc1-c1c(Cl)cc(Cl)c2nsnc12. The summed E-state index contributed by atoms with van der Waals surface area (Å²) in [6.45, 7) is 0. The molecule has 0 saturated heterocycles. The van der Waals surface area contributed by atoms with Crippen molar-refractivity contribution >= 4 is 51.9 Å². The number of carboxylic acids is 1. The molecule has 0 aliphatic heterocycles. The van der Waals surface area contributed by atoms with Crippen molar-refractivity contribution < 1.29 is 9.90 Å². The third-order valence-corrected chi connectivity index (χ3v) is 4.16. The number of halogens is 2. The molecule has 20 heavy (non-hydrogen) atoms. The van der Waals surface area contributed by atoms with Crippen LogP contribution in [-0.4, -0.2) is 24.4 Å². The zero-order valence-electron chi connectivity index (χ0n) is 10.1. The van der Waals surface area contributed by atoms with Gasteiger partial charge in [-0.15, -0.1) is 0 Å². The van der Waals surface area contributed by atoms with Gasteiger partial charge in [-0.05, 0) is 18.2 Å². The molecule has 3 rings (SSSR count). The number of aromatic carboxylic acids is 1. The molecular formula is C12H7Cl2N3O2S. The summed E-state index contributed by atoms with van der Waals surface area (Å²) in [6, 6.07) is 4.81. The summed E-state index contributed by atoms with van der Waals surface area (Å²) >= 11 is 13.4. The molecule has 0 fully saturated rings. The topological polar surface area (TPSA) is 68.0 Å². The molecule has 1 aromatic carbocycles. The highest BCUT2D eigenvalue weighted by Crippen LogP contribution is 2.38. The normalized spacial score (nSPS) is 11.2. The summed E-state index contributed by atoms with van der Waals surface area (Å²) in [6.07, 6.45) is 0. The summed E-state index contributed by atoms with van der Waals surface area (Å²) in [5.41, 5.74) is 2.60. The number of hydrogen-bond acceptors (Lipinski definition) is 4. The molecule has 0 unspecified atom stereocenters. The van der Waals surface area contributed by atoms with Gasteiger partial charge in [-0.2, -0.15) is 8.75 Å². The smallest absolute Gasteiger partial charge is 0.352 e. The van der Waals surface area contributed by atoms with E-state index < -0.39 is 5.97 Å². The first kappa shape index (κ1) is 13.4. The van der Waals surface area contributed by atoms with E-state index in [1.54, 1.807) is 23.7 Å². The standard InChI is InChI=1S/C12H7Cl2N3O2S/c1-17-7(2-3-8(17)12(18)19)9-5(13)4-6(14)10-11(9)16-20-15-10/h2-4H,1H3,(H,18,19). The Labute approximate surface area is 127 Å². The second-order valence-electron chi connectivity index (χ2n) is 4.14. The van der Waals surface area contributed by atoms with Crippen LogP contribution in [0.15, 0.2) is 18.2 Å². The molecule has 3 aromatic rings. The molecule has 0 spiro atoms. The third-order valence-electron chi connectivity index (χ3n) is 3.04. The number of hydrogen-bond donors (Lipinski definition) is 1. The van der Waals surface area contributed by atoms with Crippen molar-refractivity contribution in [2.24, 2.45) is 7.05 Å². The summed E-state index contributed by atoms with van der Waals surface area (Å²) in [7, 11) is 1.66. The van der Waals surface area contributed by atoms with Crippen LogP contribution in [0.25, 0.3) is 22.3 Å². The van der Waals surface area contributed by atoms with Crippen molar-refractivity contribution in [1.29, 1.82) is 0 Å². The van der Waals surface area contributed by atoms with Crippen LogP contribution >= 0.6 is 34.9 Å². The molecule has 5 nitrogen and oxygen atoms in total. The predicted octanol–water partition coefficient (Wildman–Crippen LogP) is 3.70. The number of nitrogens with zero attached hydrogens (tertiary/aromatic N) is 3. The molecule has 0 saturated carbocycles. The van der Waals surface area contributed by atoms with E-state index in [4.69, 9.17) is 28.3 Å². The molecule has 0 atom stereocenters. The van der Waals surface area contributed by atoms with Gasteiger partial charge in [0.25, 0.3) is 0 Å². The van der Waals surface area contributed by atoms with E-state index in [9.17, 15) is 4.79 Å². The van der Waals surface area contributed by atoms with Gasteiger partial charge in [-0.3, -0.25) is 0 Å². The van der Waals surface area contributed by atoms with Gasteiger partial charge in [0.1, 0.15) is 16.7 Å². The van der Waals surface area contributed by atoms with Crippen LogP contribution in [0.1, 0.15) is 10.5 Å². The van der Waals surface area contributed by atoms with Gasteiger partial charge < -0.3 is 9.67 Å². The van der Waals surface area contributed by atoms with E-state index in [2.05, 4.69) is 8.75 Å². The van der Waals surface area contributed by atoms with Gasteiger partial charge in [0, 0.05) is 12.6 Å². The number of rotatable bonds is 2. The maximum Gasteiger partial charge on any atom is 0.352 e. The second kappa shape index (κ2) is 4.73. The highest BCUT2D eigenvalue weighted by Gasteiger charge is 2.20. The van der Waals surface area contributed by atoms with Gasteiger partial charge in [-0.1, -0.05) is 23.2 Å². The van der Waals surface area contributed by atoms with Gasteiger partial charge in [0.05, 0.1) is 27.5 Å². The summed E-state index contributed by atoms with van der Waals surface area (Å²) in [5, 5.41) is 9.95. The van der Waals surface area contributed by atoms with Gasteiger partial charge in [0.2, 0.25) is 0 Å². The van der Waals surface area contributed by atoms with Crippen molar-refractivity contribution in [3.05, 3.63) is 33.9 Å². The Morgan fingerprint density at radius 3 is 2.60 bits per heavy atom. The monoisotopic (exact) mass is 327 g/mol. The van der Waals surface area contributed by atoms with E-state index in [1.165, 1.54) is 6.07 Å². The van der Waals surface area contributed by atoms with Crippen LogP contribution in [0, 0.1) is 0 Å². The van der Waals surface area contributed by atoms with Crippen molar-refractivity contribution in [1.82, 2.24) is 13.3 Å². The minimum atomic E-state index is -1.00. The molecule has 2 heterocycles. The first-order valence-corrected chi connectivity index (χ1v) is 6.99. The number of benzene rings is 1. The molecule has 0 aliphatic carbocycles. The molecule has 0 bridgehead atoms. The maximum atomic E-state index is 11.1. The Morgan fingerprint density at radius 2 is 1.95 bits per heavy atom. The quantitative estimate of drug-likeness (QED) is 0.779. The molecule has 0 radical (unpaired) electrons. The van der Waals surface area contributed by atoms with Crippen LogP contribution in [0.4, 0.5) is 0 Å². The maximum absolute atomic E-state index is 11.1. The summed E-state index contributed by atoms with van der Waals surface area (Å²) in [5.74, 6) is -1.00. The fourth-order valence-corrected chi connectivity index (χ4v) is 3.30. The number of fused-ring (bicyclic) bond motifs is 1. The van der Waals surface area contributed by atoms with E-state index in [0.29, 0.717) is 32.3 Å². The van der Waals surface area contributed by atoms with Crippen LogP contribution in [-0.2, 0) is 7.05 Å². The average molecular weight is 328 g/mol. The lowest BCUT2D eigenvalue weighted by atomic mass is 10.1. The Morgan fingerprint density at radius 1 is 1.25 bits per heavy atom. The van der Waals surface area contributed by atoms with Gasteiger partial charge in [-0.25, -0.2) is 4.79 Å². The fourth-order valence-electron chi connectivity index (χ4n) is 2.09. The second-order valence-corrected chi connectivity index (χ2v) is 5.49.